The molecule has 16 heavy (non-hydrogen) atoms. The number of carboxylic acid groups (broad SMARTS) is 1. The van der Waals surface area contributed by atoms with Crippen molar-refractivity contribution in [2.75, 3.05) is 26.2 Å². The summed E-state index contributed by atoms with van der Waals surface area (Å²) in [5.41, 5.74) is 0. The molecule has 0 bridgehead atoms. The molecule has 90 valence electrons. The number of carbonyl (C=O) groups excluding carboxylic acids is 1. The summed E-state index contributed by atoms with van der Waals surface area (Å²) in [5, 5.41) is 19.3. The van der Waals surface area contributed by atoms with Crippen molar-refractivity contribution < 1.29 is 14.7 Å². The summed E-state index contributed by atoms with van der Waals surface area (Å²) in [6.45, 7) is 4.21. The lowest BCUT2D eigenvalue weighted by atomic mass is 10.2. The second-order valence-corrected chi connectivity index (χ2v) is 3.89. The molecule has 0 saturated heterocycles. The number of hydrogen-bond acceptors (Lipinski definition) is 4. The summed E-state index contributed by atoms with van der Waals surface area (Å²) < 4.78 is 0. The molecular formula is C10H17N3O3. The Kier molecular flexibility index (Phi) is 6.88. The molecule has 0 aromatic rings. The Morgan fingerprint density at radius 3 is 2.50 bits per heavy atom. The molecule has 0 spiro atoms. The molecule has 0 heterocycles. The van der Waals surface area contributed by atoms with E-state index in [4.69, 9.17) is 10.4 Å². The van der Waals surface area contributed by atoms with Gasteiger partial charge in [0.15, 0.2) is 0 Å². The fourth-order valence-electron chi connectivity index (χ4n) is 1.29. The van der Waals surface area contributed by atoms with Crippen LogP contribution in [0.2, 0.25) is 0 Å². The van der Waals surface area contributed by atoms with Crippen molar-refractivity contribution in [3.63, 3.8) is 0 Å². The number of carbonyl (C=O) groups is 2. The van der Waals surface area contributed by atoms with E-state index in [1.54, 1.807) is 11.0 Å². The summed E-state index contributed by atoms with van der Waals surface area (Å²) >= 11 is 0. The van der Waals surface area contributed by atoms with Crippen LogP contribution in [0.1, 0.15) is 13.8 Å². The van der Waals surface area contributed by atoms with E-state index in [1.165, 1.54) is 0 Å². The van der Waals surface area contributed by atoms with E-state index in [9.17, 15) is 9.59 Å². The lowest BCUT2D eigenvalue weighted by Gasteiger charge is -2.21. The van der Waals surface area contributed by atoms with Gasteiger partial charge in [0.05, 0.1) is 19.2 Å². The van der Waals surface area contributed by atoms with Crippen LogP contribution in [0.15, 0.2) is 0 Å². The van der Waals surface area contributed by atoms with Gasteiger partial charge >= 0.3 is 5.97 Å². The van der Waals surface area contributed by atoms with Gasteiger partial charge in [0, 0.05) is 6.54 Å². The molecule has 0 unspecified atom stereocenters. The highest BCUT2D eigenvalue weighted by Crippen LogP contribution is 1.98. The Balaban J connectivity index is 4.14. The smallest absolute Gasteiger partial charge is 0.317 e. The zero-order valence-corrected chi connectivity index (χ0v) is 9.56. The number of nitrogens with zero attached hydrogens (tertiary/aromatic N) is 2. The molecule has 0 aliphatic carbocycles. The SMILES string of the molecule is CC(C)CN(CC(=O)O)CC(=O)NCC#N. The number of nitriles is 1. The van der Waals surface area contributed by atoms with E-state index in [0.29, 0.717) is 6.54 Å². The lowest BCUT2D eigenvalue weighted by molar-refractivity contribution is -0.138. The first kappa shape index (κ1) is 14.4. The molecule has 0 radical (unpaired) electrons. The number of nitrogens with one attached hydrogen (secondary N) is 1. The maximum atomic E-state index is 11.3. The predicted octanol–water partition coefficient (Wildman–Crippen LogP) is -0.331. The van der Waals surface area contributed by atoms with Gasteiger partial charge in [-0.3, -0.25) is 14.5 Å². The number of aliphatic carboxylic acids is 1. The lowest BCUT2D eigenvalue weighted by Crippen LogP contribution is -2.41. The van der Waals surface area contributed by atoms with Crippen molar-refractivity contribution in [2.45, 2.75) is 13.8 Å². The van der Waals surface area contributed by atoms with Crippen molar-refractivity contribution in [2.24, 2.45) is 5.92 Å². The summed E-state index contributed by atoms with van der Waals surface area (Å²) in [6, 6.07) is 1.79. The first-order chi connectivity index (χ1) is 7.45. The van der Waals surface area contributed by atoms with E-state index < -0.39 is 5.97 Å². The van der Waals surface area contributed by atoms with Gasteiger partial charge in [0.25, 0.3) is 0 Å². The second kappa shape index (κ2) is 7.65. The third-order valence-electron chi connectivity index (χ3n) is 1.71. The molecule has 0 aliphatic rings. The summed E-state index contributed by atoms with van der Waals surface area (Å²) in [5.74, 6) is -1.01. The average Bonchev–Trinajstić information content (AvgIpc) is 2.12. The van der Waals surface area contributed by atoms with Gasteiger partial charge in [-0.25, -0.2) is 0 Å². The summed E-state index contributed by atoms with van der Waals surface area (Å²) in [7, 11) is 0. The minimum Gasteiger partial charge on any atom is -0.480 e. The molecule has 0 atom stereocenters. The standard InChI is InChI=1S/C10H17N3O3/c1-8(2)5-13(7-10(15)16)6-9(14)12-4-3-11/h8H,4-7H2,1-2H3,(H,12,14)(H,15,16). The van der Waals surface area contributed by atoms with Gasteiger partial charge in [-0.2, -0.15) is 5.26 Å². The molecule has 6 nitrogen and oxygen atoms in total. The zero-order chi connectivity index (χ0) is 12.6. The molecule has 0 saturated carbocycles. The largest absolute Gasteiger partial charge is 0.480 e. The highest BCUT2D eigenvalue weighted by atomic mass is 16.4. The third-order valence-corrected chi connectivity index (χ3v) is 1.71. The van der Waals surface area contributed by atoms with Crippen LogP contribution in [-0.4, -0.2) is 48.1 Å². The molecule has 2 N–H and O–H groups in total. The van der Waals surface area contributed by atoms with Crippen LogP contribution < -0.4 is 5.32 Å². The normalized spacial score (nSPS) is 10.2. The van der Waals surface area contributed by atoms with Gasteiger partial charge in [0.2, 0.25) is 5.91 Å². The zero-order valence-electron chi connectivity index (χ0n) is 9.56. The van der Waals surface area contributed by atoms with Crippen molar-refractivity contribution in [1.82, 2.24) is 10.2 Å². The number of carboxylic acids is 1. The Morgan fingerprint density at radius 1 is 1.44 bits per heavy atom. The fourth-order valence-corrected chi connectivity index (χ4v) is 1.29. The van der Waals surface area contributed by atoms with E-state index in [2.05, 4.69) is 5.32 Å². The van der Waals surface area contributed by atoms with Crippen molar-refractivity contribution in [3.8, 4) is 6.07 Å². The highest BCUT2D eigenvalue weighted by Gasteiger charge is 2.14. The minimum atomic E-state index is -0.964. The highest BCUT2D eigenvalue weighted by molar-refractivity contribution is 5.79. The molecule has 0 aromatic heterocycles. The third kappa shape index (κ3) is 7.76. The molecule has 0 aliphatic heterocycles. The van der Waals surface area contributed by atoms with Crippen LogP contribution in [0.4, 0.5) is 0 Å². The van der Waals surface area contributed by atoms with Gasteiger partial charge in [-0.15, -0.1) is 0 Å². The van der Waals surface area contributed by atoms with Gasteiger partial charge in [-0.1, -0.05) is 13.8 Å². The minimum absolute atomic E-state index is 0.00611. The average molecular weight is 227 g/mol. The summed E-state index contributed by atoms with van der Waals surface area (Å²) in [6.07, 6.45) is 0. The van der Waals surface area contributed by atoms with Crippen molar-refractivity contribution in [1.29, 1.82) is 5.26 Å². The molecule has 1 amide bonds. The molecule has 0 aromatic carbocycles. The Hall–Kier alpha value is -1.61. The number of amides is 1. The van der Waals surface area contributed by atoms with Crippen LogP contribution in [0.25, 0.3) is 0 Å². The van der Waals surface area contributed by atoms with Crippen molar-refractivity contribution in [3.05, 3.63) is 0 Å². The maximum Gasteiger partial charge on any atom is 0.317 e. The van der Waals surface area contributed by atoms with E-state index in [-0.39, 0.29) is 31.5 Å². The molecular weight excluding hydrogens is 210 g/mol. The first-order valence-corrected chi connectivity index (χ1v) is 5.03. The Labute approximate surface area is 94.8 Å². The van der Waals surface area contributed by atoms with Gasteiger partial charge in [-0.05, 0) is 5.92 Å². The monoisotopic (exact) mass is 227 g/mol. The number of rotatable bonds is 7. The Morgan fingerprint density at radius 2 is 2.06 bits per heavy atom. The van der Waals surface area contributed by atoms with Gasteiger partial charge in [0.1, 0.15) is 6.54 Å². The van der Waals surface area contributed by atoms with Gasteiger partial charge < -0.3 is 10.4 Å². The van der Waals surface area contributed by atoms with Crippen LogP contribution in [0.5, 0.6) is 0 Å². The van der Waals surface area contributed by atoms with Crippen LogP contribution >= 0.6 is 0 Å². The predicted molar refractivity (Wildman–Crippen MR) is 57.5 cm³/mol. The van der Waals surface area contributed by atoms with Crippen LogP contribution in [-0.2, 0) is 9.59 Å². The van der Waals surface area contributed by atoms with E-state index >= 15 is 0 Å². The summed E-state index contributed by atoms with van der Waals surface area (Å²) in [4.78, 5) is 23.4. The maximum absolute atomic E-state index is 11.3. The van der Waals surface area contributed by atoms with Crippen LogP contribution in [0, 0.1) is 17.2 Å². The second-order valence-electron chi connectivity index (χ2n) is 3.89. The fraction of sp³-hybridized carbons (Fsp3) is 0.700. The molecule has 0 fully saturated rings. The van der Waals surface area contributed by atoms with E-state index in [0.717, 1.165) is 0 Å². The Bertz CT molecular complexity index is 284. The molecule has 0 rings (SSSR count). The molecule has 6 heteroatoms. The van der Waals surface area contributed by atoms with E-state index in [1.807, 2.05) is 13.8 Å². The topological polar surface area (TPSA) is 93.4 Å². The first-order valence-electron chi connectivity index (χ1n) is 5.03. The quantitative estimate of drug-likeness (QED) is 0.581. The number of hydrogen-bond donors (Lipinski definition) is 2. The van der Waals surface area contributed by atoms with Crippen molar-refractivity contribution >= 4 is 11.9 Å². The van der Waals surface area contributed by atoms with Crippen LogP contribution in [0.3, 0.4) is 0 Å².